The van der Waals surface area contributed by atoms with E-state index in [1.54, 1.807) is 18.2 Å². The Kier molecular flexibility index (Phi) is 3.89. The molecule has 0 unspecified atom stereocenters. The molecule has 0 amide bonds. The van der Waals surface area contributed by atoms with Crippen molar-refractivity contribution in [2.45, 2.75) is 6.92 Å². The number of benzene rings is 1. The van der Waals surface area contributed by atoms with Crippen LogP contribution >= 0.6 is 0 Å². The van der Waals surface area contributed by atoms with Crippen molar-refractivity contribution in [1.29, 1.82) is 0 Å². The second-order valence-corrected chi connectivity index (χ2v) is 5.09. The molecule has 0 atom stereocenters. The smallest absolute Gasteiger partial charge is 0.337 e. The number of carbonyl (C=O) groups is 1. The highest BCUT2D eigenvalue weighted by Gasteiger charge is 2.09. The summed E-state index contributed by atoms with van der Waals surface area (Å²) < 4.78 is 29.5. The summed E-state index contributed by atoms with van der Waals surface area (Å²) in [6.07, 6.45) is 0. The van der Waals surface area contributed by atoms with Gasteiger partial charge in [0.1, 0.15) is 0 Å². The van der Waals surface area contributed by atoms with Crippen LogP contribution in [0.3, 0.4) is 0 Å². The molecule has 0 fully saturated rings. The average molecular weight is 243 g/mol. The van der Waals surface area contributed by atoms with Crippen molar-refractivity contribution < 1.29 is 17.9 Å². The van der Waals surface area contributed by atoms with Gasteiger partial charge in [0, 0.05) is 5.69 Å². The third-order valence-electron chi connectivity index (χ3n) is 1.94. The number of methoxy groups -OCH3 is 1. The number of sulfonamides is 1. The minimum atomic E-state index is -3.32. The molecule has 16 heavy (non-hydrogen) atoms. The van der Waals surface area contributed by atoms with E-state index in [4.69, 9.17) is 0 Å². The maximum atomic E-state index is 11.3. The fourth-order valence-electron chi connectivity index (χ4n) is 1.08. The normalized spacial score (nSPS) is 10.9. The number of esters is 1. The molecule has 0 heterocycles. The zero-order valence-corrected chi connectivity index (χ0v) is 9.87. The Labute approximate surface area is 94.5 Å². The van der Waals surface area contributed by atoms with E-state index < -0.39 is 16.0 Å². The predicted molar refractivity (Wildman–Crippen MR) is 60.9 cm³/mol. The molecule has 5 nitrogen and oxygen atoms in total. The first-order valence-corrected chi connectivity index (χ1v) is 6.32. The molecular formula is C10H13NO4S. The van der Waals surface area contributed by atoms with E-state index in [9.17, 15) is 13.2 Å². The van der Waals surface area contributed by atoms with Crippen molar-refractivity contribution in [1.82, 2.24) is 0 Å². The number of anilines is 1. The first kappa shape index (κ1) is 12.5. The molecule has 1 aromatic rings. The minimum absolute atomic E-state index is 0.0184. The number of hydrogen-bond donors (Lipinski definition) is 1. The van der Waals surface area contributed by atoms with Crippen LogP contribution in [0.25, 0.3) is 0 Å². The molecule has 1 N–H and O–H groups in total. The summed E-state index contributed by atoms with van der Waals surface area (Å²) >= 11 is 0. The summed E-state index contributed by atoms with van der Waals surface area (Å²) in [4.78, 5) is 11.2. The molecule has 0 bridgehead atoms. The second kappa shape index (κ2) is 4.98. The first-order chi connectivity index (χ1) is 7.48. The van der Waals surface area contributed by atoms with Crippen LogP contribution in [0.4, 0.5) is 5.69 Å². The number of rotatable bonds is 4. The molecule has 0 saturated carbocycles. The van der Waals surface area contributed by atoms with Crippen molar-refractivity contribution in [3.05, 3.63) is 29.8 Å². The van der Waals surface area contributed by atoms with E-state index in [1.165, 1.54) is 20.1 Å². The van der Waals surface area contributed by atoms with Gasteiger partial charge in [0.15, 0.2) is 0 Å². The van der Waals surface area contributed by atoms with Crippen LogP contribution in [0, 0.1) is 0 Å². The maximum Gasteiger partial charge on any atom is 0.337 e. The van der Waals surface area contributed by atoms with Crippen LogP contribution in [0.2, 0.25) is 0 Å². The lowest BCUT2D eigenvalue weighted by Gasteiger charge is -2.06. The van der Waals surface area contributed by atoms with E-state index in [0.717, 1.165) is 0 Å². The molecule has 0 spiro atoms. The topological polar surface area (TPSA) is 72.5 Å². The van der Waals surface area contributed by atoms with Gasteiger partial charge in [-0.2, -0.15) is 0 Å². The zero-order chi connectivity index (χ0) is 12.2. The lowest BCUT2D eigenvalue weighted by Crippen LogP contribution is -2.15. The van der Waals surface area contributed by atoms with Crippen molar-refractivity contribution in [3.8, 4) is 0 Å². The van der Waals surface area contributed by atoms with Gasteiger partial charge in [0.25, 0.3) is 0 Å². The summed E-state index contributed by atoms with van der Waals surface area (Å²) in [5, 5.41) is 0. The van der Waals surface area contributed by atoms with E-state index in [-0.39, 0.29) is 5.75 Å². The Morgan fingerprint density at radius 1 is 1.44 bits per heavy atom. The van der Waals surface area contributed by atoms with Crippen LogP contribution in [0.5, 0.6) is 0 Å². The molecule has 6 heteroatoms. The van der Waals surface area contributed by atoms with Gasteiger partial charge in [-0.25, -0.2) is 13.2 Å². The highest BCUT2D eigenvalue weighted by Crippen LogP contribution is 2.13. The lowest BCUT2D eigenvalue weighted by atomic mass is 10.2. The Balaban J connectivity index is 2.96. The Bertz CT molecular complexity index is 481. The molecular weight excluding hydrogens is 230 g/mol. The van der Waals surface area contributed by atoms with Crippen molar-refractivity contribution in [2.75, 3.05) is 17.6 Å². The summed E-state index contributed by atoms with van der Waals surface area (Å²) in [6.45, 7) is 1.53. The van der Waals surface area contributed by atoms with E-state index in [1.807, 2.05) is 0 Å². The maximum absolute atomic E-state index is 11.3. The predicted octanol–water partition coefficient (Wildman–Crippen LogP) is 1.23. The van der Waals surface area contributed by atoms with Gasteiger partial charge in [-0.3, -0.25) is 4.72 Å². The molecule has 0 radical (unpaired) electrons. The van der Waals surface area contributed by atoms with Crippen molar-refractivity contribution in [3.63, 3.8) is 0 Å². The van der Waals surface area contributed by atoms with Crippen LogP contribution in [0.1, 0.15) is 17.3 Å². The number of ether oxygens (including phenoxy) is 1. The van der Waals surface area contributed by atoms with E-state index in [0.29, 0.717) is 11.3 Å². The molecule has 1 rings (SSSR count). The largest absolute Gasteiger partial charge is 0.465 e. The molecule has 0 saturated heterocycles. The third kappa shape index (κ3) is 3.23. The summed E-state index contributed by atoms with van der Waals surface area (Å²) in [6, 6.07) is 6.13. The van der Waals surface area contributed by atoms with Gasteiger partial charge in [0.05, 0.1) is 18.4 Å². The van der Waals surface area contributed by atoms with Crippen molar-refractivity contribution >= 4 is 21.7 Å². The molecule has 0 aliphatic heterocycles. The van der Waals surface area contributed by atoms with Crippen LogP contribution < -0.4 is 4.72 Å². The summed E-state index contributed by atoms with van der Waals surface area (Å²) in [5.74, 6) is -0.521. The lowest BCUT2D eigenvalue weighted by molar-refractivity contribution is 0.0601. The number of nitrogens with one attached hydrogen (secondary N) is 1. The first-order valence-electron chi connectivity index (χ1n) is 4.67. The average Bonchev–Trinajstić information content (AvgIpc) is 2.28. The van der Waals surface area contributed by atoms with E-state index >= 15 is 0 Å². The monoisotopic (exact) mass is 243 g/mol. The molecule has 0 aliphatic carbocycles. The van der Waals surface area contributed by atoms with Gasteiger partial charge >= 0.3 is 5.97 Å². The van der Waals surface area contributed by atoms with Gasteiger partial charge in [-0.05, 0) is 25.1 Å². The quantitative estimate of drug-likeness (QED) is 0.807. The zero-order valence-electron chi connectivity index (χ0n) is 9.06. The summed E-state index contributed by atoms with van der Waals surface area (Å²) in [7, 11) is -2.05. The van der Waals surface area contributed by atoms with Gasteiger partial charge in [-0.1, -0.05) is 6.07 Å². The van der Waals surface area contributed by atoms with Gasteiger partial charge < -0.3 is 4.74 Å². The molecule has 0 aliphatic rings. The third-order valence-corrected chi connectivity index (χ3v) is 3.24. The Morgan fingerprint density at radius 2 is 2.12 bits per heavy atom. The SMILES string of the molecule is CCS(=O)(=O)Nc1cccc(C(=O)OC)c1. The minimum Gasteiger partial charge on any atom is -0.465 e. The number of carbonyl (C=O) groups excluding carboxylic acids is 1. The second-order valence-electron chi connectivity index (χ2n) is 3.08. The van der Waals surface area contributed by atoms with Crippen LogP contribution in [-0.2, 0) is 14.8 Å². The molecule has 88 valence electrons. The summed E-state index contributed by atoms with van der Waals surface area (Å²) in [5.41, 5.74) is 0.656. The highest BCUT2D eigenvalue weighted by atomic mass is 32.2. The fraction of sp³-hybridized carbons (Fsp3) is 0.300. The molecule has 1 aromatic carbocycles. The van der Waals surface area contributed by atoms with Crippen LogP contribution in [0.15, 0.2) is 24.3 Å². The highest BCUT2D eigenvalue weighted by molar-refractivity contribution is 7.92. The molecule has 0 aromatic heterocycles. The number of hydrogen-bond acceptors (Lipinski definition) is 4. The van der Waals surface area contributed by atoms with Gasteiger partial charge in [0.2, 0.25) is 10.0 Å². The van der Waals surface area contributed by atoms with Gasteiger partial charge in [-0.15, -0.1) is 0 Å². The van der Waals surface area contributed by atoms with Crippen LogP contribution in [-0.4, -0.2) is 27.2 Å². The Morgan fingerprint density at radius 3 is 2.69 bits per heavy atom. The standard InChI is InChI=1S/C10H13NO4S/c1-3-16(13,14)11-9-6-4-5-8(7-9)10(12)15-2/h4-7,11H,3H2,1-2H3. The van der Waals surface area contributed by atoms with E-state index in [2.05, 4.69) is 9.46 Å². The Hall–Kier alpha value is -1.56. The van der Waals surface area contributed by atoms with Crippen molar-refractivity contribution in [2.24, 2.45) is 0 Å². The fourth-order valence-corrected chi connectivity index (χ4v) is 1.71.